The van der Waals surface area contributed by atoms with Crippen LogP contribution in [-0.2, 0) is 0 Å². The Balaban J connectivity index is 1.12. The second-order valence-corrected chi connectivity index (χ2v) is 12.8. The van der Waals surface area contributed by atoms with E-state index in [1.807, 2.05) is 17.5 Å². The van der Waals surface area contributed by atoms with Crippen LogP contribution in [0.25, 0.3) is 97.4 Å². The quantitative estimate of drug-likeness (QED) is 0.188. The van der Waals surface area contributed by atoms with Gasteiger partial charge in [0.15, 0.2) is 11.4 Å². The lowest BCUT2D eigenvalue weighted by Crippen LogP contribution is -1.89. The number of furan rings is 1. The second-order valence-electron chi connectivity index (χ2n) is 11.8. The highest BCUT2D eigenvalue weighted by Gasteiger charge is 2.16. The number of benzene rings is 7. The number of hydrogen-bond acceptors (Lipinski definition) is 4. The zero-order valence-corrected chi connectivity index (χ0v) is 25.4. The van der Waals surface area contributed by atoms with Gasteiger partial charge in [-0.05, 0) is 74.1 Å². The van der Waals surface area contributed by atoms with Crippen molar-refractivity contribution >= 4 is 75.1 Å². The van der Waals surface area contributed by atoms with Crippen molar-refractivity contribution in [3.05, 3.63) is 146 Å². The molecule has 10 aromatic rings. The van der Waals surface area contributed by atoms with Gasteiger partial charge in [-0.25, -0.2) is 9.97 Å². The van der Waals surface area contributed by atoms with E-state index in [0.29, 0.717) is 11.4 Å². The molecular weight excluding hydrogens is 581 g/mol. The van der Waals surface area contributed by atoms with Gasteiger partial charge in [-0.2, -0.15) is 0 Å². The highest BCUT2D eigenvalue weighted by molar-refractivity contribution is 7.26. The fourth-order valence-electron chi connectivity index (χ4n) is 6.96. The van der Waals surface area contributed by atoms with Gasteiger partial charge in [0, 0.05) is 31.1 Å². The predicted octanol–water partition coefficient (Wildman–Crippen LogP) is 12.1. The lowest BCUT2D eigenvalue weighted by atomic mass is 9.93. The number of fused-ring (bicyclic) bond motifs is 9. The fourth-order valence-corrected chi connectivity index (χ4v) is 8.20. The van der Waals surface area contributed by atoms with E-state index in [2.05, 4.69) is 140 Å². The maximum atomic E-state index is 6.24. The predicted molar refractivity (Wildman–Crippen MR) is 194 cm³/mol. The summed E-state index contributed by atoms with van der Waals surface area (Å²) >= 11 is 1.85. The molecule has 0 aliphatic carbocycles. The molecule has 0 saturated carbocycles. The van der Waals surface area contributed by atoms with Crippen molar-refractivity contribution in [2.45, 2.75) is 0 Å². The molecule has 0 fully saturated rings. The number of nitrogens with zero attached hydrogens (tertiary/aromatic N) is 2. The van der Waals surface area contributed by atoms with Crippen molar-refractivity contribution in [2.75, 3.05) is 0 Å². The molecule has 0 amide bonds. The Labute approximate surface area is 268 Å². The molecule has 3 heterocycles. The first-order valence-corrected chi connectivity index (χ1v) is 16.2. The first-order chi connectivity index (χ1) is 22.8. The van der Waals surface area contributed by atoms with Crippen LogP contribution >= 0.6 is 11.3 Å². The average Bonchev–Trinajstić information content (AvgIpc) is 3.69. The molecule has 3 aromatic heterocycles. The topological polar surface area (TPSA) is 38.9 Å². The van der Waals surface area contributed by atoms with E-state index in [4.69, 9.17) is 14.4 Å². The van der Waals surface area contributed by atoms with Crippen LogP contribution in [0.3, 0.4) is 0 Å². The van der Waals surface area contributed by atoms with Crippen molar-refractivity contribution in [1.29, 1.82) is 0 Å². The van der Waals surface area contributed by atoms with Crippen LogP contribution in [0.2, 0.25) is 0 Å². The molecule has 46 heavy (non-hydrogen) atoms. The Bertz CT molecular complexity index is 2830. The first kappa shape index (κ1) is 25.5. The molecule has 0 N–H and O–H groups in total. The van der Waals surface area contributed by atoms with E-state index in [1.165, 1.54) is 52.8 Å². The molecule has 0 aliphatic rings. The minimum absolute atomic E-state index is 0.683. The summed E-state index contributed by atoms with van der Waals surface area (Å²) in [4.78, 5) is 9.87. The maximum Gasteiger partial charge on any atom is 0.172 e. The SMILES string of the molecule is c1cc(-c2ncc3oc4ccc(-c5cc6ccccc6c6ccccc56)cc4c3n2)cc(-c2cccc3c2sc2ccccc23)c1. The van der Waals surface area contributed by atoms with E-state index in [0.717, 1.165) is 33.2 Å². The van der Waals surface area contributed by atoms with Crippen LogP contribution in [0.4, 0.5) is 0 Å². The number of hydrogen-bond donors (Lipinski definition) is 0. The molecule has 0 spiro atoms. The van der Waals surface area contributed by atoms with Gasteiger partial charge in [0.2, 0.25) is 0 Å². The van der Waals surface area contributed by atoms with Crippen molar-refractivity contribution in [1.82, 2.24) is 9.97 Å². The van der Waals surface area contributed by atoms with Gasteiger partial charge < -0.3 is 4.42 Å². The lowest BCUT2D eigenvalue weighted by Gasteiger charge is -2.11. The van der Waals surface area contributed by atoms with E-state index >= 15 is 0 Å². The Morgan fingerprint density at radius 3 is 2.15 bits per heavy atom. The van der Waals surface area contributed by atoms with Crippen LogP contribution in [0.1, 0.15) is 0 Å². The summed E-state index contributed by atoms with van der Waals surface area (Å²) in [6.45, 7) is 0. The maximum absolute atomic E-state index is 6.24. The Morgan fingerprint density at radius 2 is 1.22 bits per heavy atom. The smallest absolute Gasteiger partial charge is 0.172 e. The molecule has 0 unspecified atom stereocenters. The van der Waals surface area contributed by atoms with Gasteiger partial charge >= 0.3 is 0 Å². The zero-order valence-electron chi connectivity index (χ0n) is 24.6. The second kappa shape index (κ2) is 9.83. The minimum atomic E-state index is 0.683. The molecule has 0 radical (unpaired) electrons. The van der Waals surface area contributed by atoms with Gasteiger partial charge in [0.05, 0.1) is 6.20 Å². The van der Waals surface area contributed by atoms with Crippen LogP contribution in [0.5, 0.6) is 0 Å². The molecular formula is C42H24N2OS. The summed E-state index contributed by atoms with van der Waals surface area (Å²) in [7, 11) is 0. The van der Waals surface area contributed by atoms with E-state index in [1.54, 1.807) is 0 Å². The van der Waals surface area contributed by atoms with E-state index in [-0.39, 0.29) is 0 Å². The fraction of sp³-hybridized carbons (Fsp3) is 0. The third-order valence-electron chi connectivity index (χ3n) is 9.12. The Hall–Kier alpha value is -5.84. The zero-order chi connectivity index (χ0) is 30.2. The van der Waals surface area contributed by atoms with Crippen molar-refractivity contribution in [3.63, 3.8) is 0 Å². The Kier molecular flexibility index (Phi) is 5.45. The summed E-state index contributed by atoms with van der Waals surface area (Å²) in [6.07, 6.45) is 1.81. The molecule has 214 valence electrons. The number of thiophene rings is 1. The third kappa shape index (κ3) is 3.84. The standard InChI is InChI=1S/C42H24N2OS/c1-2-12-29-26(9-1)22-35(32-14-4-3-13-31(29)32)27-19-20-37-36(23-27)40-38(45-37)24-43-42(44-40)28-11-7-10-25(21-28)30-16-8-17-34-33-15-5-6-18-39(33)46-41(30)34/h1-24H. The van der Waals surface area contributed by atoms with E-state index in [9.17, 15) is 0 Å². The first-order valence-electron chi connectivity index (χ1n) is 15.4. The molecule has 0 aliphatic heterocycles. The van der Waals surface area contributed by atoms with Gasteiger partial charge in [0.25, 0.3) is 0 Å². The molecule has 0 saturated heterocycles. The van der Waals surface area contributed by atoms with Gasteiger partial charge in [-0.1, -0.05) is 109 Å². The highest BCUT2D eigenvalue weighted by atomic mass is 32.1. The molecule has 0 atom stereocenters. The largest absolute Gasteiger partial charge is 0.453 e. The van der Waals surface area contributed by atoms with Crippen molar-refractivity contribution in [3.8, 4) is 33.6 Å². The van der Waals surface area contributed by atoms with Crippen LogP contribution in [0, 0.1) is 0 Å². The summed E-state index contributed by atoms with van der Waals surface area (Å²) in [6, 6.07) is 49.7. The molecule has 3 nitrogen and oxygen atoms in total. The highest BCUT2D eigenvalue weighted by Crippen LogP contribution is 2.41. The van der Waals surface area contributed by atoms with Crippen LogP contribution < -0.4 is 0 Å². The van der Waals surface area contributed by atoms with Crippen LogP contribution in [0.15, 0.2) is 150 Å². The van der Waals surface area contributed by atoms with Crippen molar-refractivity contribution < 1.29 is 4.42 Å². The molecule has 10 rings (SSSR count). The molecule has 0 bridgehead atoms. The normalized spacial score (nSPS) is 11.9. The summed E-state index contributed by atoms with van der Waals surface area (Å²) in [5, 5.41) is 8.56. The summed E-state index contributed by atoms with van der Waals surface area (Å²) in [5.74, 6) is 0.683. The molecule has 4 heteroatoms. The number of rotatable bonds is 3. The average molecular weight is 605 g/mol. The van der Waals surface area contributed by atoms with Gasteiger partial charge in [-0.3, -0.25) is 0 Å². The monoisotopic (exact) mass is 604 g/mol. The lowest BCUT2D eigenvalue weighted by molar-refractivity contribution is 0.666. The molecule has 7 aromatic carbocycles. The minimum Gasteiger partial charge on any atom is -0.453 e. The summed E-state index contributed by atoms with van der Waals surface area (Å²) < 4.78 is 8.84. The van der Waals surface area contributed by atoms with Crippen LogP contribution in [-0.4, -0.2) is 9.97 Å². The van der Waals surface area contributed by atoms with Gasteiger partial charge in [0.1, 0.15) is 11.1 Å². The van der Waals surface area contributed by atoms with E-state index < -0.39 is 0 Å². The van der Waals surface area contributed by atoms with Crippen molar-refractivity contribution in [2.24, 2.45) is 0 Å². The Morgan fingerprint density at radius 1 is 0.478 bits per heavy atom. The summed E-state index contributed by atoms with van der Waals surface area (Å²) in [5.41, 5.74) is 8.00. The number of aromatic nitrogens is 2. The van der Waals surface area contributed by atoms with Gasteiger partial charge in [-0.15, -0.1) is 11.3 Å². The third-order valence-corrected chi connectivity index (χ3v) is 10.3.